The summed E-state index contributed by atoms with van der Waals surface area (Å²) in [4.78, 5) is 15.0. The van der Waals surface area contributed by atoms with E-state index in [1.165, 1.54) is 16.8 Å². The first-order valence-electron chi connectivity index (χ1n) is 4.34. The molecular weight excluding hydrogens is 276 g/mol. The molecule has 82 valence electrons. The molecule has 0 bridgehead atoms. The van der Waals surface area contributed by atoms with Gasteiger partial charge in [-0.15, -0.1) is 5.10 Å². The van der Waals surface area contributed by atoms with Gasteiger partial charge in [0, 0.05) is 7.05 Å². The molecule has 0 saturated heterocycles. The summed E-state index contributed by atoms with van der Waals surface area (Å²) in [5, 5.41) is 16.5. The Kier molecular flexibility index (Phi) is 2.69. The average Bonchev–Trinajstić information content (AvgIpc) is 2.64. The monoisotopic (exact) mass is 282 g/mol. The van der Waals surface area contributed by atoms with Gasteiger partial charge in [-0.1, -0.05) is 5.21 Å². The minimum atomic E-state index is -1.01. The van der Waals surface area contributed by atoms with Crippen molar-refractivity contribution >= 4 is 21.9 Å². The van der Waals surface area contributed by atoms with E-state index in [4.69, 9.17) is 5.11 Å². The van der Waals surface area contributed by atoms with Crippen molar-refractivity contribution in [1.29, 1.82) is 0 Å². The van der Waals surface area contributed by atoms with Crippen molar-refractivity contribution in [2.45, 2.75) is 0 Å². The van der Waals surface area contributed by atoms with Gasteiger partial charge in [0.25, 0.3) is 0 Å². The summed E-state index contributed by atoms with van der Waals surface area (Å²) >= 11 is 3.16. The first-order chi connectivity index (χ1) is 7.56. The Morgan fingerprint density at radius 2 is 2.19 bits per heavy atom. The number of rotatable bonds is 2. The summed E-state index contributed by atoms with van der Waals surface area (Å²) in [5.41, 5.74) is 1.16. The van der Waals surface area contributed by atoms with Crippen LogP contribution in [0.15, 0.2) is 22.9 Å². The summed E-state index contributed by atoms with van der Waals surface area (Å²) in [7, 11) is 1.73. The minimum Gasteiger partial charge on any atom is -0.478 e. The number of carboxylic acid groups (broad SMARTS) is 1. The lowest BCUT2D eigenvalue weighted by molar-refractivity contribution is 0.0696. The number of hydrogen-bond donors (Lipinski definition) is 1. The first kappa shape index (κ1) is 10.7. The lowest BCUT2D eigenvalue weighted by atomic mass is 10.2. The van der Waals surface area contributed by atoms with Crippen molar-refractivity contribution in [3.05, 3.63) is 28.5 Å². The van der Waals surface area contributed by atoms with Gasteiger partial charge in [0.05, 0.1) is 17.5 Å². The van der Waals surface area contributed by atoms with Crippen molar-refractivity contribution in [2.75, 3.05) is 0 Å². The van der Waals surface area contributed by atoms with Crippen LogP contribution in [0.5, 0.6) is 0 Å². The van der Waals surface area contributed by atoms with E-state index in [-0.39, 0.29) is 5.56 Å². The fourth-order valence-corrected chi connectivity index (χ4v) is 1.65. The molecular formula is C9H7BrN4O2. The highest BCUT2D eigenvalue weighted by Gasteiger charge is 2.10. The molecule has 2 aromatic heterocycles. The number of aromatic carboxylic acids is 1. The average molecular weight is 283 g/mol. The number of pyridine rings is 1. The van der Waals surface area contributed by atoms with E-state index in [2.05, 4.69) is 31.2 Å². The predicted molar refractivity (Wildman–Crippen MR) is 58.9 cm³/mol. The molecule has 0 fully saturated rings. The van der Waals surface area contributed by atoms with Crippen molar-refractivity contribution in [3.63, 3.8) is 0 Å². The molecule has 1 N–H and O–H groups in total. The maximum atomic E-state index is 10.9. The van der Waals surface area contributed by atoms with E-state index in [1.807, 2.05) is 0 Å². The predicted octanol–water partition coefficient (Wildman–Crippen LogP) is 1.34. The summed E-state index contributed by atoms with van der Waals surface area (Å²) in [6, 6.07) is 2.89. The third kappa shape index (κ3) is 2.08. The van der Waals surface area contributed by atoms with Crippen LogP contribution in [-0.2, 0) is 7.05 Å². The molecule has 0 aliphatic heterocycles. The second-order valence-corrected chi connectivity index (χ2v) is 3.96. The van der Waals surface area contributed by atoms with Gasteiger partial charge in [0.1, 0.15) is 10.3 Å². The molecule has 7 heteroatoms. The highest BCUT2D eigenvalue weighted by molar-refractivity contribution is 9.10. The van der Waals surface area contributed by atoms with Gasteiger partial charge < -0.3 is 5.11 Å². The summed E-state index contributed by atoms with van der Waals surface area (Å²) < 4.78 is 1.98. The highest BCUT2D eigenvalue weighted by atomic mass is 79.9. The van der Waals surface area contributed by atoms with Crippen LogP contribution in [-0.4, -0.2) is 31.1 Å². The first-order valence-corrected chi connectivity index (χ1v) is 5.13. The smallest absolute Gasteiger partial charge is 0.335 e. The van der Waals surface area contributed by atoms with Crippen LogP contribution in [0.3, 0.4) is 0 Å². The van der Waals surface area contributed by atoms with E-state index in [0.29, 0.717) is 16.0 Å². The Bertz CT molecular complexity index is 552. The maximum absolute atomic E-state index is 10.9. The number of carboxylic acids is 1. The zero-order chi connectivity index (χ0) is 11.7. The van der Waals surface area contributed by atoms with Gasteiger partial charge in [-0.05, 0) is 28.1 Å². The van der Waals surface area contributed by atoms with Crippen molar-refractivity contribution < 1.29 is 9.90 Å². The van der Waals surface area contributed by atoms with Crippen LogP contribution in [0.1, 0.15) is 10.4 Å². The largest absolute Gasteiger partial charge is 0.478 e. The Balaban J connectivity index is 2.53. The molecule has 0 radical (unpaired) electrons. The van der Waals surface area contributed by atoms with Crippen LogP contribution in [0.4, 0.5) is 0 Å². The molecule has 0 saturated carbocycles. The molecule has 2 aromatic rings. The summed E-state index contributed by atoms with van der Waals surface area (Å²) in [5.74, 6) is -1.01. The second-order valence-electron chi connectivity index (χ2n) is 3.15. The van der Waals surface area contributed by atoms with Crippen molar-refractivity contribution in [2.24, 2.45) is 7.05 Å². The second kappa shape index (κ2) is 4.01. The number of halogens is 1. The Labute approximate surface area is 99.1 Å². The van der Waals surface area contributed by atoms with Crippen LogP contribution in [0.25, 0.3) is 11.4 Å². The molecule has 0 unspecified atom stereocenters. The quantitative estimate of drug-likeness (QED) is 0.841. The van der Waals surface area contributed by atoms with Crippen LogP contribution in [0, 0.1) is 0 Å². The number of carbonyl (C=O) groups is 1. The molecule has 0 aliphatic carbocycles. The van der Waals surface area contributed by atoms with Crippen LogP contribution in [0.2, 0.25) is 0 Å². The summed E-state index contributed by atoms with van der Waals surface area (Å²) in [6.07, 6.45) is 1.67. The highest BCUT2D eigenvalue weighted by Crippen LogP contribution is 2.19. The molecule has 0 spiro atoms. The van der Waals surface area contributed by atoms with Crippen molar-refractivity contribution in [3.8, 4) is 11.4 Å². The van der Waals surface area contributed by atoms with E-state index in [1.54, 1.807) is 13.2 Å². The Hall–Kier alpha value is -1.76. The van der Waals surface area contributed by atoms with E-state index < -0.39 is 5.97 Å². The Morgan fingerprint density at radius 1 is 1.44 bits per heavy atom. The molecule has 2 heterocycles. The van der Waals surface area contributed by atoms with Gasteiger partial charge in [-0.25, -0.2) is 9.78 Å². The SMILES string of the molecule is Cn1cc(-c2cc(C(=O)O)cc(Br)n2)nn1. The maximum Gasteiger partial charge on any atom is 0.335 e. The van der Waals surface area contributed by atoms with Gasteiger partial charge >= 0.3 is 5.97 Å². The number of nitrogens with zero attached hydrogens (tertiary/aromatic N) is 4. The fourth-order valence-electron chi connectivity index (χ4n) is 1.22. The van der Waals surface area contributed by atoms with Gasteiger partial charge in [-0.3, -0.25) is 4.68 Å². The number of aromatic nitrogens is 4. The summed E-state index contributed by atoms with van der Waals surface area (Å²) in [6.45, 7) is 0. The fraction of sp³-hybridized carbons (Fsp3) is 0.111. The molecule has 16 heavy (non-hydrogen) atoms. The van der Waals surface area contributed by atoms with Gasteiger partial charge in [0.2, 0.25) is 0 Å². The van der Waals surface area contributed by atoms with Gasteiger partial charge in [0.15, 0.2) is 0 Å². The Morgan fingerprint density at radius 3 is 2.75 bits per heavy atom. The van der Waals surface area contributed by atoms with Crippen molar-refractivity contribution in [1.82, 2.24) is 20.0 Å². The third-order valence-corrected chi connectivity index (χ3v) is 2.31. The zero-order valence-electron chi connectivity index (χ0n) is 8.25. The molecule has 6 nitrogen and oxygen atoms in total. The molecule has 0 amide bonds. The van der Waals surface area contributed by atoms with Crippen LogP contribution >= 0.6 is 15.9 Å². The molecule has 2 rings (SSSR count). The lowest BCUT2D eigenvalue weighted by Gasteiger charge is -1.99. The van der Waals surface area contributed by atoms with Crippen LogP contribution < -0.4 is 0 Å². The standard InChI is InChI=1S/C9H7BrN4O2/c1-14-4-7(12-13-14)6-2-5(9(15)16)3-8(10)11-6/h2-4H,1H3,(H,15,16). The normalized spacial score (nSPS) is 10.4. The molecule has 0 aliphatic rings. The van der Waals surface area contributed by atoms with Gasteiger partial charge in [-0.2, -0.15) is 0 Å². The van der Waals surface area contributed by atoms with E-state index in [0.717, 1.165) is 0 Å². The third-order valence-electron chi connectivity index (χ3n) is 1.91. The minimum absolute atomic E-state index is 0.155. The number of hydrogen-bond acceptors (Lipinski definition) is 4. The lowest BCUT2D eigenvalue weighted by Crippen LogP contribution is -1.98. The molecule has 0 aromatic carbocycles. The molecule has 0 atom stereocenters. The zero-order valence-corrected chi connectivity index (χ0v) is 9.84. The van der Waals surface area contributed by atoms with E-state index in [9.17, 15) is 4.79 Å². The topological polar surface area (TPSA) is 80.9 Å². The number of aryl methyl sites for hydroxylation is 1. The van der Waals surface area contributed by atoms with E-state index >= 15 is 0 Å².